The van der Waals surface area contributed by atoms with Crippen molar-refractivity contribution in [3.8, 4) is 16.9 Å². The number of nitrogens with zero attached hydrogens (tertiary/aromatic N) is 2. The van der Waals surface area contributed by atoms with Crippen LogP contribution in [0.25, 0.3) is 61.5 Å². The van der Waals surface area contributed by atoms with E-state index in [0.717, 1.165) is 12.2 Å². The molecule has 0 bridgehead atoms. The molecule has 0 spiro atoms. The maximum atomic E-state index is 4.92. The van der Waals surface area contributed by atoms with Crippen LogP contribution in [0.1, 0.15) is 42.0 Å². The SMILES string of the molecule is CC1(C)c2ccc3c4c2c2c5c(ccc6c5c4c(n6-c4cc(-c5ccccc5)ccn4)=CC3)C=CC21. The number of hydrogen-bond donors (Lipinski definition) is 0. The lowest BCUT2D eigenvalue weighted by Crippen LogP contribution is -2.21. The average molecular weight is 461 g/mol. The van der Waals surface area contributed by atoms with Crippen molar-refractivity contribution >= 4 is 44.6 Å². The second-order valence-electron chi connectivity index (χ2n) is 11.2. The molecule has 0 aliphatic heterocycles. The zero-order valence-electron chi connectivity index (χ0n) is 20.3. The van der Waals surface area contributed by atoms with Crippen molar-refractivity contribution in [2.24, 2.45) is 0 Å². The Morgan fingerprint density at radius 2 is 1.72 bits per heavy atom. The van der Waals surface area contributed by atoms with E-state index >= 15 is 0 Å². The number of rotatable bonds is 2. The zero-order chi connectivity index (χ0) is 23.8. The number of pyridine rings is 1. The Hall–Kier alpha value is -4.17. The second-order valence-corrected chi connectivity index (χ2v) is 11.2. The van der Waals surface area contributed by atoms with Crippen molar-refractivity contribution in [2.75, 3.05) is 0 Å². The highest BCUT2D eigenvalue weighted by Crippen LogP contribution is 2.58. The Morgan fingerprint density at radius 3 is 2.61 bits per heavy atom. The molecule has 9 rings (SSSR count). The lowest BCUT2D eigenvalue weighted by atomic mass is 9.74. The van der Waals surface area contributed by atoms with Gasteiger partial charge in [-0.15, -0.1) is 0 Å². The topological polar surface area (TPSA) is 17.8 Å². The molecule has 2 heteroatoms. The normalized spacial score (nSPS) is 18.2. The summed E-state index contributed by atoms with van der Waals surface area (Å²) in [6.07, 6.45) is 10.2. The van der Waals surface area contributed by atoms with E-state index in [1.165, 1.54) is 65.6 Å². The fourth-order valence-electron chi connectivity index (χ4n) is 7.52. The Balaban J connectivity index is 1.48. The standard InChI is InChI=1S/C34H24N2/c1-34(2)23-12-8-20-10-14-25-32-28(20)30(23)31-24(34)13-9-21-11-15-26(33(32)29(21)31)36(25)27-18-22(16-17-35-27)19-6-4-3-5-7-19/h3-10,12-18,23H,11H2,1-2H3. The van der Waals surface area contributed by atoms with Crippen LogP contribution in [0.5, 0.6) is 0 Å². The first-order valence-corrected chi connectivity index (χ1v) is 12.9. The Kier molecular flexibility index (Phi) is 3.25. The number of allylic oxidation sites excluding steroid dienone is 1. The first-order valence-electron chi connectivity index (χ1n) is 12.9. The molecule has 1 atom stereocenters. The van der Waals surface area contributed by atoms with Gasteiger partial charge in [0.15, 0.2) is 0 Å². The van der Waals surface area contributed by atoms with Crippen LogP contribution in [0.2, 0.25) is 0 Å². The summed E-state index contributed by atoms with van der Waals surface area (Å²) in [5, 5.41) is 8.60. The number of aromatic nitrogens is 2. The first-order chi connectivity index (χ1) is 17.6. The van der Waals surface area contributed by atoms with Crippen LogP contribution in [0.3, 0.4) is 0 Å². The highest BCUT2D eigenvalue weighted by Gasteiger charge is 2.43. The van der Waals surface area contributed by atoms with Crippen LogP contribution in [0.15, 0.2) is 79.0 Å². The van der Waals surface area contributed by atoms with Gasteiger partial charge in [0, 0.05) is 28.3 Å². The van der Waals surface area contributed by atoms with E-state index in [9.17, 15) is 0 Å². The molecule has 170 valence electrons. The van der Waals surface area contributed by atoms with Gasteiger partial charge in [0.05, 0.1) is 10.9 Å². The average Bonchev–Trinajstić information content (AvgIpc) is 3.39. The van der Waals surface area contributed by atoms with Gasteiger partial charge in [-0.3, -0.25) is 4.57 Å². The summed E-state index contributed by atoms with van der Waals surface area (Å²) in [6.45, 7) is 4.85. The molecule has 0 saturated heterocycles. The van der Waals surface area contributed by atoms with E-state index in [1.807, 2.05) is 6.20 Å². The molecule has 1 unspecified atom stereocenters. The minimum atomic E-state index is 0.0996. The summed E-state index contributed by atoms with van der Waals surface area (Å²) in [5.41, 5.74) is 9.65. The summed E-state index contributed by atoms with van der Waals surface area (Å²) < 4.78 is 2.42. The third-order valence-electron chi connectivity index (χ3n) is 9.13. The molecule has 3 aliphatic carbocycles. The van der Waals surface area contributed by atoms with Crippen LogP contribution in [-0.2, 0) is 11.8 Å². The number of hydrogen-bond acceptors (Lipinski definition) is 1. The van der Waals surface area contributed by atoms with Gasteiger partial charge in [0.2, 0.25) is 0 Å². The van der Waals surface area contributed by atoms with Crippen LogP contribution < -0.4 is 5.35 Å². The first kappa shape index (κ1) is 19.1. The smallest absolute Gasteiger partial charge is 0.138 e. The molecule has 0 N–H and O–H groups in total. The molecule has 0 radical (unpaired) electrons. The molecule has 2 nitrogen and oxygen atoms in total. The third-order valence-corrected chi connectivity index (χ3v) is 9.13. The molecule has 36 heavy (non-hydrogen) atoms. The maximum Gasteiger partial charge on any atom is 0.138 e. The second kappa shape index (κ2) is 6.14. The minimum Gasteiger partial charge on any atom is -0.294 e. The molecular formula is C34H24N2. The number of benzene rings is 4. The van der Waals surface area contributed by atoms with E-state index < -0.39 is 0 Å². The van der Waals surface area contributed by atoms with Crippen LogP contribution in [0.4, 0.5) is 0 Å². The molecule has 4 aromatic carbocycles. The summed E-state index contributed by atoms with van der Waals surface area (Å²) in [7, 11) is 0. The lowest BCUT2D eigenvalue weighted by molar-refractivity contribution is 0.494. The van der Waals surface area contributed by atoms with Gasteiger partial charge in [-0.25, -0.2) is 4.98 Å². The molecule has 2 heterocycles. The summed E-state index contributed by atoms with van der Waals surface area (Å²) in [5.74, 6) is 1.41. The maximum absolute atomic E-state index is 4.92. The highest BCUT2D eigenvalue weighted by molar-refractivity contribution is 6.28. The van der Waals surface area contributed by atoms with Crippen molar-refractivity contribution in [3.05, 3.63) is 107 Å². The van der Waals surface area contributed by atoms with E-state index in [-0.39, 0.29) is 5.41 Å². The van der Waals surface area contributed by atoms with Crippen LogP contribution >= 0.6 is 0 Å². The van der Waals surface area contributed by atoms with Gasteiger partial charge in [-0.2, -0.15) is 0 Å². The van der Waals surface area contributed by atoms with Gasteiger partial charge in [0.25, 0.3) is 0 Å². The van der Waals surface area contributed by atoms with Gasteiger partial charge < -0.3 is 0 Å². The molecule has 6 aromatic rings. The van der Waals surface area contributed by atoms with Crippen molar-refractivity contribution in [1.82, 2.24) is 9.55 Å². The minimum absolute atomic E-state index is 0.0996. The van der Waals surface area contributed by atoms with Crippen LogP contribution in [0, 0.1) is 0 Å². The van der Waals surface area contributed by atoms with E-state index in [4.69, 9.17) is 4.98 Å². The fourth-order valence-corrected chi connectivity index (χ4v) is 7.52. The van der Waals surface area contributed by atoms with Crippen molar-refractivity contribution in [1.29, 1.82) is 0 Å². The van der Waals surface area contributed by atoms with Gasteiger partial charge in [-0.05, 0) is 74.2 Å². The molecular weight excluding hydrogens is 436 g/mol. The molecule has 0 amide bonds. The van der Waals surface area contributed by atoms with Crippen molar-refractivity contribution in [3.63, 3.8) is 0 Å². The van der Waals surface area contributed by atoms with E-state index in [2.05, 4.69) is 103 Å². The summed E-state index contributed by atoms with van der Waals surface area (Å²) in [6, 6.07) is 24.4. The zero-order valence-corrected chi connectivity index (χ0v) is 20.3. The summed E-state index contributed by atoms with van der Waals surface area (Å²) in [4.78, 5) is 4.92. The Bertz CT molecular complexity index is 2040. The predicted octanol–water partition coefficient (Wildman–Crippen LogP) is 7.46. The van der Waals surface area contributed by atoms with E-state index in [1.54, 1.807) is 5.56 Å². The van der Waals surface area contributed by atoms with Crippen molar-refractivity contribution in [2.45, 2.75) is 31.6 Å². The third kappa shape index (κ3) is 2.06. The van der Waals surface area contributed by atoms with Gasteiger partial charge in [-0.1, -0.05) is 80.6 Å². The summed E-state index contributed by atoms with van der Waals surface area (Å²) >= 11 is 0. The molecule has 0 saturated carbocycles. The highest BCUT2D eigenvalue weighted by atomic mass is 15.1. The molecule has 3 aliphatic rings. The molecule has 0 fully saturated rings. The largest absolute Gasteiger partial charge is 0.294 e. The van der Waals surface area contributed by atoms with Crippen molar-refractivity contribution < 1.29 is 0 Å². The van der Waals surface area contributed by atoms with E-state index in [0.29, 0.717) is 5.92 Å². The quantitative estimate of drug-likeness (QED) is 0.245. The fraction of sp³-hybridized carbons (Fsp3) is 0.147. The van der Waals surface area contributed by atoms with Gasteiger partial charge in [0.1, 0.15) is 5.82 Å². The lowest BCUT2D eigenvalue weighted by Gasteiger charge is -2.29. The van der Waals surface area contributed by atoms with Crippen LogP contribution in [-0.4, -0.2) is 9.55 Å². The monoisotopic (exact) mass is 460 g/mol. The molecule has 2 aromatic heterocycles. The van der Waals surface area contributed by atoms with Gasteiger partial charge >= 0.3 is 0 Å². The predicted molar refractivity (Wildman–Crippen MR) is 150 cm³/mol. The Labute approximate surface area is 209 Å². The Morgan fingerprint density at radius 1 is 0.833 bits per heavy atom.